The highest BCUT2D eigenvalue weighted by atomic mass is 16.4. The van der Waals surface area contributed by atoms with Gasteiger partial charge in [-0.25, -0.2) is 4.79 Å². The smallest absolute Gasteiger partial charge is 0.326 e. The third kappa shape index (κ3) is 10.9. The van der Waals surface area contributed by atoms with Crippen molar-refractivity contribution in [1.82, 2.24) is 16.0 Å². The Balaban J connectivity index is 3.11. The van der Waals surface area contributed by atoms with Crippen molar-refractivity contribution in [1.29, 1.82) is 0 Å². The van der Waals surface area contributed by atoms with Crippen molar-refractivity contribution in [2.45, 2.75) is 63.7 Å². The second kappa shape index (κ2) is 14.4. The van der Waals surface area contributed by atoms with Crippen LogP contribution in [0, 0.1) is 5.92 Å². The molecule has 204 valence electrons. The number of amides is 4. The van der Waals surface area contributed by atoms with Crippen LogP contribution >= 0.6 is 0 Å². The van der Waals surface area contributed by atoms with Crippen LogP contribution in [0.5, 0.6) is 5.75 Å². The number of nitrogens with two attached hydrogens (primary N) is 2. The van der Waals surface area contributed by atoms with Gasteiger partial charge in [-0.3, -0.25) is 24.0 Å². The number of aliphatic carboxylic acids is 2. The fraction of sp³-hybridized carbons (Fsp3) is 0.478. The number of benzene rings is 1. The largest absolute Gasteiger partial charge is 0.508 e. The lowest BCUT2D eigenvalue weighted by Crippen LogP contribution is -2.59. The molecule has 1 aromatic carbocycles. The van der Waals surface area contributed by atoms with Crippen molar-refractivity contribution in [2.75, 3.05) is 0 Å². The zero-order valence-corrected chi connectivity index (χ0v) is 20.5. The van der Waals surface area contributed by atoms with Gasteiger partial charge in [0.05, 0.1) is 12.5 Å². The number of nitrogens with one attached hydrogen (secondary N) is 3. The molecule has 4 amide bonds. The maximum atomic E-state index is 13.1. The summed E-state index contributed by atoms with van der Waals surface area (Å²) < 4.78 is 0. The molecule has 0 aliphatic rings. The van der Waals surface area contributed by atoms with Gasteiger partial charge in [0.25, 0.3) is 0 Å². The summed E-state index contributed by atoms with van der Waals surface area (Å²) >= 11 is 0. The molecule has 0 spiro atoms. The molecule has 0 aliphatic heterocycles. The Morgan fingerprint density at radius 2 is 1.43 bits per heavy atom. The van der Waals surface area contributed by atoms with E-state index in [-0.39, 0.29) is 25.0 Å². The molecule has 14 nitrogen and oxygen atoms in total. The van der Waals surface area contributed by atoms with Crippen LogP contribution in [0.15, 0.2) is 24.3 Å². The van der Waals surface area contributed by atoms with E-state index in [1.54, 1.807) is 13.8 Å². The van der Waals surface area contributed by atoms with Crippen molar-refractivity contribution in [2.24, 2.45) is 17.4 Å². The molecule has 37 heavy (non-hydrogen) atoms. The van der Waals surface area contributed by atoms with Crippen LogP contribution in [0.1, 0.15) is 38.7 Å². The number of hydrogen-bond donors (Lipinski definition) is 8. The number of carbonyl (C=O) groups is 6. The van der Waals surface area contributed by atoms with E-state index < -0.39 is 72.1 Å². The molecular formula is C23H33N5O9. The Bertz CT molecular complexity index is 997. The molecule has 0 saturated heterocycles. The number of rotatable bonds is 15. The third-order valence-electron chi connectivity index (χ3n) is 5.28. The van der Waals surface area contributed by atoms with Crippen LogP contribution in [0.2, 0.25) is 0 Å². The monoisotopic (exact) mass is 523 g/mol. The molecule has 1 aromatic rings. The first kappa shape index (κ1) is 30.8. The van der Waals surface area contributed by atoms with Gasteiger partial charge in [-0.1, -0.05) is 26.0 Å². The molecule has 0 aliphatic carbocycles. The predicted octanol–water partition coefficient (Wildman–Crippen LogP) is -1.80. The zero-order valence-electron chi connectivity index (χ0n) is 20.5. The van der Waals surface area contributed by atoms with E-state index in [0.29, 0.717) is 5.56 Å². The van der Waals surface area contributed by atoms with Crippen LogP contribution < -0.4 is 27.4 Å². The molecule has 10 N–H and O–H groups in total. The van der Waals surface area contributed by atoms with E-state index in [1.165, 1.54) is 24.3 Å². The van der Waals surface area contributed by atoms with Gasteiger partial charge in [-0.2, -0.15) is 0 Å². The lowest BCUT2D eigenvalue weighted by Gasteiger charge is -2.27. The fourth-order valence-electron chi connectivity index (χ4n) is 3.22. The number of carboxylic acid groups (broad SMARTS) is 2. The molecule has 14 heteroatoms. The van der Waals surface area contributed by atoms with Crippen LogP contribution in [0.4, 0.5) is 0 Å². The highest BCUT2D eigenvalue weighted by Gasteiger charge is 2.32. The van der Waals surface area contributed by atoms with Crippen molar-refractivity contribution in [3.05, 3.63) is 29.8 Å². The minimum atomic E-state index is -1.64. The Hall–Kier alpha value is -4.20. The van der Waals surface area contributed by atoms with Gasteiger partial charge < -0.3 is 42.7 Å². The molecule has 1 rings (SSSR count). The van der Waals surface area contributed by atoms with Gasteiger partial charge in [-0.15, -0.1) is 0 Å². The summed E-state index contributed by atoms with van der Waals surface area (Å²) in [5.74, 6) is -6.60. The third-order valence-corrected chi connectivity index (χ3v) is 5.28. The summed E-state index contributed by atoms with van der Waals surface area (Å²) in [5, 5.41) is 34.7. The maximum absolute atomic E-state index is 13.1. The SMILES string of the molecule is CC(C)C(NC(=O)C(N)CCC(=O)O)C(=O)NC(Cc1ccc(O)cc1)C(=O)NC(CC(N)=O)C(=O)O. The number of phenolic OH excluding ortho intramolecular Hbond substituents is 1. The highest BCUT2D eigenvalue weighted by molar-refractivity contribution is 5.95. The van der Waals surface area contributed by atoms with Crippen LogP contribution in [-0.2, 0) is 35.2 Å². The van der Waals surface area contributed by atoms with E-state index in [2.05, 4.69) is 16.0 Å². The number of aromatic hydroxyl groups is 1. The van der Waals surface area contributed by atoms with Gasteiger partial charge in [0.2, 0.25) is 23.6 Å². The summed E-state index contributed by atoms with van der Waals surface area (Å²) in [5.41, 5.74) is 11.3. The van der Waals surface area contributed by atoms with Gasteiger partial charge in [0.15, 0.2) is 0 Å². The first-order valence-electron chi connectivity index (χ1n) is 11.4. The highest BCUT2D eigenvalue weighted by Crippen LogP contribution is 2.13. The van der Waals surface area contributed by atoms with Gasteiger partial charge in [-0.05, 0) is 30.0 Å². The second-order valence-electron chi connectivity index (χ2n) is 8.77. The normalized spacial score (nSPS) is 14.1. The zero-order chi connectivity index (χ0) is 28.3. The molecule has 0 aromatic heterocycles. The predicted molar refractivity (Wildman–Crippen MR) is 129 cm³/mol. The quantitative estimate of drug-likeness (QED) is 0.128. The lowest BCUT2D eigenvalue weighted by atomic mass is 10.00. The molecule has 0 saturated carbocycles. The van der Waals surface area contributed by atoms with Crippen molar-refractivity contribution in [3.8, 4) is 5.75 Å². The molecule has 4 unspecified atom stereocenters. The van der Waals surface area contributed by atoms with Crippen molar-refractivity contribution in [3.63, 3.8) is 0 Å². The molecule has 0 fully saturated rings. The van der Waals surface area contributed by atoms with Gasteiger partial charge in [0, 0.05) is 12.8 Å². The molecular weight excluding hydrogens is 490 g/mol. The number of carbonyl (C=O) groups excluding carboxylic acids is 4. The van der Waals surface area contributed by atoms with Crippen LogP contribution in [0.3, 0.4) is 0 Å². The standard InChI is InChI=1S/C23H33N5O9/c1-11(2)19(28-20(33)14(24)7-8-18(31)32)22(35)26-15(9-12-3-5-13(29)6-4-12)21(34)27-16(23(36)37)10-17(25)30/h3-6,11,14-16,19,29H,7-10,24H2,1-2H3,(H2,25,30)(H,26,35)(H,27,34)(H,28,33)(H,31,32)(H,36,37). The molecule has 0 bridgehead atoms. The summed E-state index contributed by atoms with van der Waals surface area (Å²) in [6.07, 6.45) is -1.31. The minimum Gasteiger partial charge on any atom is -0.508 e. The van der Waals surface area contributed by atoms with Gasteiger partial charge >= 0.3 is 11.9 Å². The number of primary amides is 1. The first-order valence-corrected chi connectivity index (χ1v) is 11.4. The van der Waals surface area contributed by atoms with Gasteiger partial charge in [0.1, 0.15) is 23.9 Å². The summed E-state index contributed by atoms with van der Waals surface area (Å²) in [6, 6.07) is 0.351. The number of phenols is 1. The summed E-state index contributed by atoms with van der Waals surface area (Å²) in [7, 11) is 0. The average molecular weight is 524 g/mol. The van der Waals surface area contributed by atoms with Crippen molar-refractivity contribution < 1.29 is 44.1 Å². The Labute approximate surface area is 212 Å². The van der Waals surface area contributed by atoms with E-state index in [4.69, 9.17) is 16.6 Å². The van der Waals surface area contributed by atoms with Crippen LogP contribution in [0.25, 0.3) is 0 Å². The van der Waals surface area contributed by atoms with Crippen LogP contribution in [-0.4, -0.2) is 75.1 Å². The van der Waals surface area contributed by atoms with E-state index >= 15 is 0 Å². The maximum Gasteiger partial charge on any atom is 0.326 e. The second-order valence-corrected chi connectivity index (χ2v) is 8.77. The molecule has 0 heterocycles. The lowest BCUT2D eigenvalue weighted by molar-refractivity contribution is -0.143. The Morgan fingerprint density at radius 1 is 0.865 bits per heavy atom. The Kier molecular flexibility index (Phi) is 12.0. The van der Waals surface area contributed by atoms with E-state index in [0.717, 1.165) is 0 Å². The average Bonchev–Trinajstić information content (AvgIpc) is 2.80. The summed E-state index contributed by atoms with van der Waals surface area (Å²) in [6.45, 7) is 3.24. The number of carboxylic acids is 2. The number of hydrogen-bond acceptors (Lipinski definition) is 8. The fourth-order valence-corrected chi connectivity index (χ4v) is 3.22. The van der Waals surface area contributed by atoms with E-state index in [9.17, 15) is 39.0 Å². The minimum absolute atomic E-state index is 0.0389. The van der Waals surface area contributed by atoms with Crippen molar-refractivity contribution >= 4 is 35.6 Å². The first-order chi connectivity index (χ1) is 17.2. The Morgan fingerprint density at radius 3 is 1.92 bits per heavy atom. The summed E-state index contributed by atoms with van der Waals surface area (Å²) in [4.78, 5) is 71.9. The topological polar surface area (TPSA) is 251 Å². The van der Waals surface area contributed by atoms with E-state index in [1.807, 2.05) is 0 Å². The molecule has 4 atom stereocenters. The molecule has 0 radical (unpaired) electrons.